The van der Waals surface area contributed by atoms with Gasteiger partial charge >= 0.3 is 0 Å². The highest BCUT2D eigenvalue weighted by Gasteiger charge is 2.42. The fourth-order valence-corrected chi connectivity index (χ4v) is 8.44. The van der Waals surface area contributed by atoms with Crippen molar-refractivity contribution < 1.29 is 33.5 Å². The van der Waals surface area contributed by atoms with Crippen molar-refractivity contribution in [2.24, 2.45) is 0 Å². The van der Waals surface area contributed by atoms with Crippen LogP contribution in [-0.2, 0) is 23.9 Å². The van der Waals surface area contributed by atoms with Crippen LogP contribution in [0.15, 0.2) is 144 Å². The zero-order chi connectivity index (χ0) is 40.8. The number of fused-ring (bicyclic) bond motifs is 2. The summed E-state index contributed by atoms with van der Waals surface area (Å²) in [6.07, 6.45) is 16.5. The van der Waals surface area contributed by atoms with Crippen LogP contribution in [0.4, 0.5) is 11.4 Å². The van der Waals surface area contributed by atoms with E-state index in [0.717, 1.165) is 56.8 Å². The topological polar surface area (TPSA) is 140 Å². The Morgan fingerprint density at radius 3 is 1.96 bits per heavy atom. The van der Waals surface area contributed by atoms with E-state index >= 15 is 0 Å². The van der Waals surface area contributed by atoms with Gasteiger partial charge in [-0.2, -0.15) is 4.58 Å². The van der Waals surface area contributed by atoms with Crippen molar-refractivity contribution in [3.8, 4) is 0 Å². The molecule has 0 unspecified atom stereocenters. The van der Waals surface area contributed by atoms with Crippen molar-refractivity contribution in [3.05, 3.63) is 167 Å². The second kappa shape index (κ2) is 17.7. The molecule has 0 saturated carbocycles. The van der Waals surface area contributed by atoms with Crippen molar-refractivity contribution in [2.75, 3.05) is 32.1 Å². The Morgan fingerprint density at radius 2 is 1.37 bits per heavy atom. The van der Waals surface area contributed by atoms with Crippen LogP contribution in [0.1, 0.15) is 69.5 Å². The van der Waals surface area contributed by atoms with Crippen LogP contribution in [0.2, 0.25) is 0 Å². The third kappa shape index (κ3) is 9.96. The number of rotatable bonds is 11. The fourth-order valence-electron chi connectivity index (χ4n) is 8.44. The molecule has 2 aromatic carbocycles. The number of para-hydroxylation sites is 2. The van der Waals surface area contributed by atoms with Gasteiger partial charge in [-0.05, 0) is 86.2 Å². The molecule has 0 atom stereocenters. The lowest BCUT2D eigenvalue weighted by Gasteiger charge is -2.27. The molecule has 0 amide bonds. The van der Waals surface area contributed by atoms with E-state index in [1.165, 1.54) is 50.8 Å². The maximum Gasteiger partial charge on any atom is 0.209 e. The number of likely N-dealkylation sites (N-methyl/N-ethyl adjacent to an activating group) is 1. The van der Waals surface area contributed by atoms with Crippen molar-refractivity contribution in [3.63, 3.8) is 0 Å². The average molecular weight is 789 g/mol. The monoisotopic (exact) mass is 788 g/mol. The molecule has 2 aliphatic heterocycles. The summed E-state index contributed by atoms with van der Waals surface area (Å²) in [7, 11) is -0.538. The summed E-state index contributed by atoms with van der Waals surface area (Å²) in [6, 6.07) is 29.9. The number of allylic oxidation sites excluding steroid dienone is 7. The van der Waals surface area contributed by atoms with E-state index in [-0.39, 0.29) is 10.8 Å². The van der Waals surface area contributed by atoms with Gasteiger partial charge in [0.05, 0.1) is 16.8 Å². The summed E-state index contributed by atoms with van der Waals surface area (Å²) in [5.41, 5.74) is 14.0. The van der Waals surface area contributed by atoms with E-state index in [0.29, 0.717) is 0 Å². The number of aromatic nitrogens is 2. The minimum atomic E-state index is -4.94. The summed E-state index contributed by atoms with van der Waals surface area (Å²) < 4.78 is 36.3. The van der Waals surface area contributed by atoms with Crippen molar-refractivity contribution in [1.29, 1.82) is 0 Å². The molecule has 10 nitrogen and oxygen atoms in total. The molecule has 11 heteroatoms. The minimum absolute atomic E-state index is 0.0706. The SMILES string of the molecule is CN1/C(=C/C=C2\CCCC(/C=C/C3=[N+](C)c4ccccc4C3(C)C)=C2NCCN(Cc2ccccn2)Cc2ccccn2)C(C)(C)c2ccccc21.[O-][Cl+3]([O-])([O-])[O-]. The predicted octanol–water partition coefficient (Wildman–Crippen LogP) is 4.25. The Bertz CT molecular complexity index is 2140. The molecule has 4 aromatic rings. The molecule has 3 aliphatic rings. The summed E-state index contributed by atoms with van der Waals surface area (Å²) in [5, 5.41) is 3.98. The van der Waals surface area contributed by atoms with Gasteiger partial charge in [0, 0.05) is 85.8 Å². The summed E-state index contributed by atoms with van der Waals surface area (Å²) in [6.45, 7) is 12.6. The smallest absolute Gasteiger partial charge is 0.209 e. The van der Waals surface area contributed by atoms with E-state index in [1.54, 1.807) is 0 Å². The lowest BCUT2D eigenvalue weighted by atomic mass is 9.81. The number of halogens is 1. The highest BCUT2D eigenvalue weighted by atomic mass is 35.7. The van der Waals surface area contributed by atoms with E-state index in [4.69, 9.17) is 18.6 Å². The van der Waals surface area contributed by atoms with Gasteiger partial charge < -0.3 is 10.2 Å². The molecule has 2 aromatic heterocycles. The van der Waals surface area contributed by atoms with Crippen molar-refractivity contribution >= 4 is 17.1 Å². The zero-order valence-electron chi connectivity index (χ0n) is 33.7. The van der Waals surface area contributed by atoms with Gasteiger partial charge in [-0.3, -0.25) is 14.9 Å². The summed E-state index contributed by atoms with van der Waals surface area (Å²) in [5.74, 6) is 0. The van der Waals surface area contributed by atoms with Gasteiger partial charge in [0.2, 0.25) is 5.69 Å². The Hall–Kier alpha value is -4.94. The second-order valence-electron chi connectivity index (χ2n) is 15.8. The zero-order valence-corrected chi connectivity index (χ0v) is 34.5. The summed E-state index contributed by atoms with van der Waals surface area (Å²) >= 11 is 0. The van der Waals surface area contributed by atoms with Gasteiger partial charge in [0.25, 0.3) is 0 Å². The van der Waals surface area contributed by atoms with Gasteiger partial charge in [-0.15, -0.1) is 10.2 Å². The first-order chi connectivity index (χ1) is 27.1. The number of pyridine rings is 2. The van der Waals surface area contributed by atoms with Crippen molar-refractivity contribution in [2.45, 2.75) is 70.9 Å². The Morgan fingerprint density at radius 1 is 0.772 bits per heavy atom. The number of hydrogen-bond donors (Lipinski definition) is 1. The van der Waals surface area contributed by atoms with Crippen LogP contribution in [-0.4, -0.2) is 52.3 Å². The molecular formula is C46H53ClN6O4. The van der Waals surface area contributed by atoms with Gasteiger partial charge in [0.15, 0.2) is 5.71 Å². The Labute approximate surface area is 339 Å². The molecule has 0 radical (unpaired) electrons. The predicted molar refractivity (Wildman–Crippen MR) is 215 cm³/mol. The quantitative estimate of drug-likeness (QED) is 0.221. The Kier molecular flexibility index (Phi) is 12.9. The van der Waals surface area contributed by atoms with E-state index in [2.05, 4.69) is 169 Å². The standard InChI is InChI=1S/C46H52N6.ClHO4/c1-45(2)38-20-7-9-22-40(38)50(5)42(45)26-24-34-16-15-17-35(25-27-43-46(3,4)39-21-8-10-23-41(39)51(43)6)44(34)49-30-31-52(32-36-18-11-13-28-47-36)33-37-19-12-14-29-48-37;2-1(3,4)5/h7-14,18-29H,15-17,30-33H2,1-6H3;(H,2,3,4,5)/b34-24+,42-26+;. The first-order valence-corrected chi connectivity index (χ1v) is 20.6. The number of benzene rings is 2. The van der Waals surface area contributed by atoms with Crippen LogP contribution in [0.5, 0.6) is 0 Å². The molecule has 298 valence electrons. The van der Waals surface area contributed by atoms with Crippen LogP contribution in [0, 0.1) is 10.2 Å². The molecule has 57 heavy (non-hydrogen) atoms. The Balaban J connectivity index is 0.00000103. The number of anilines is 1. The third-order valence-electron chi connectivity index (χ3n) is 11.3. The maximum absolute atomic E-state index is 8.49. The molecule has 1 aliphatic carbocycles. The highest BCUT2D eigenvalue weighted by molar-refractivity contribution is 6.03. The molecule has 0 bridgehead atoms. The van der Waals surface area contributed by atoms with E-state index in [1.807, 2.05) is 24.5 Å². The van der Waals surface area contributed by atoms with Crippen molar-refractivity contribution in [1.82, 2.24) is 20.2 Å². The number of nitrogens with zero attached hydrogens (tertiary/aromatic N) is 5. The molecule has 4 heterocycles. The number of hydrogen-bond acceptors (Lipinski definition) is 9. The fraction of sp³-hybridized carbons (Fsp3) is 0.326. The molecule has 0 saturated heterocycles. The summed E-state index contributed by atoms with van der Waals surface area (Å²) in [4.78, 5) is 14.1. The van der Waals surface area contributed by atoms with Crippen LogP contribution >= 0.6 is 0 Å². The van der Waals surface area contributed by atoms with E-state index in [9.17, 15) is 0 Å². The minimum Gasteiger partial charge on any atom is -0.383 e. The molecule has 0 spiro atoms. The molecule has 1 N–H and O–H groups in total. The lowest BCUT2D eigenvalue weighted by Crippen LogP contribution is -2.68. The normalized spacial score (nSPS) is 18.7. The van der Waals surface area contributed by atoms with Crippen LogP contribution < -0.4 is 28.9 Å². The van der Waals surface area contributed by atoms with Crippen LogP contribution in [0.25, 0.3) is 0 Å². The largest absolute Gasteiger partial charge is 0.383 e. The molecule has 0 fully saturated rings. The number of nitrogens with one attached hydrogen (secondary N) is 1. The van der Waals surface area contributed by atoms with Gasteiger partial charge in [-0.25, -0.2) is 18.6 Å². The van der Waals surface area contributed by atoms with Gasteiger partial charge in [-0.1, -0.05) is 74.5 Å². The lowest BCUT2D eigenvalue weighted by molar-refractivity contribution is -2.00. The first kappa shape index (κ1) is 41.7. The van der Waals surface area contributed by atoms with Crippen LogP contribution in [0.3, 0.4) is 0 Å². The first-order valence-electron chi connectivity index (χ1n) is 19.4. The van der Waals surface area contributed by atoms with Gasteiger partial charge in [0.1, 0.15) is 7.05 Å². The highest BCUT2D eigenvalue weighted by Crippen LogP contribution is 2.47. The maximum atomic E-state index is 8.49. The second-order valence-corrected chi connectivity index (χ2v) is 16.5. The van der Waals surface area contributed by atoms with E-state index < -0.39 is 10.2 Å². The molecule has 7 rings (SSSR count). The molecular weight excluding hydrogens is 736 g/mol. The third-order valence-corrected chi connectivity index (χ3v) is 11.3. The average Bonchev–Trinajstić information content (AvgIpc) is 3.50.